The molecule has 0 unspecified atom stereocenters. The molecule has 9 heteroatoms. The second-order valence-electron chi connectivity index (χ2n) is 8.68. The number of nitrogens with zero attached hydrogens (tertiary/aromatic N) is 3. The molecule has 1 aromatic heterocycles. The van der Waals surface area contributed by atoms with E-state index >= 15 is 0 Å². The number of amides is 1. The summed E-state index contributed by atoms with van der Waals surface area (Å²) in [7, 11) is 0. The van der Waals surface area contributed by atoms with Gasteiger partial charge in [-0.1, -0.05) is 30.1 Å². The molecule has 2 aromatic rings. The van der Waals surface area contributed by atoms with Crippen LogP contribution in [-0.4, -0.2) is 35.8 Å². The normalized spacial score (nSPS) is 20.2. The minimum atomic E-state index is -0.673. The van der Waals surface area contributed by atoms with Gasteiger partial charge in [0.15, 0.2) is 0 Å². The third-order valence-corrected chi connectivity index (χ3v) is 5.98. The first-order valence-corrected chi connectivity index (χ1v) is 11.3. The van der Waals surface area contributed by atoms with Crippen LogP contribution >= 0.6 is 0 Å². The van der Waals surface area contributed by atoms with E-state index in [2.05, 4.69) is 26.8 Å². The van der Waals surface area contributed by atoms with E-state index < -0.39 is 5.91 Å². The van der Waals surface area contributed by atoms with Gasteiger partial charge >= 0.3 is 0 Å². The Morgan fingerprint density at radius 1 is 1.24 bits per heavy atom. The van der Waals surface area contributed by atoms with E-state index in [9.17, 15) is 10.1 Å². The molecule has 2 fully saturated rings. The minimum Gasteiger partial charge on any atom is -0.396 e. The second-order valence-corrected chi connectivity index (χ2v) is 8.68. The third-order valence-electron chi connectivity index (χ3n) is 5.98. The van der Waals surface area contributed by atoms with Gasteiger partial charge in [0, 0.05) is 17.8 Å². The lowest BCUT2D eigenvalue weighted by molar-refractivity contribution is 0.100. The van der Waals surface area contributed by atoms with E-state index in [-0.39, 0.29) is 29.0 Å². The number of hydrogen-bond acceptors (Lipinski definition) is 8. The predicted octanol–water partition coefficient (Wildman–Crippen LogP) is 3.24. The molecule has 1 heterocycles. The first-order chi connectivity index (χ1) is 16.0. The minimum absolute atomic E-state index is 0.0146. The highest BCUT2D eigenvalue weighted by atomic mass is 16.6. The van der Waals surface area contributed by atoms with Crippen LogP contribution < -0.4 is 22.1 Å². The summed E-state index contributed by atoms with van der Waals surface area (Å²) in [5.41, 5.74) is 13.8. The molecule has 0 aliphatic heterocycles. The zero-order valence-electron chi connectivity index (χ0n) is 18.5. The number of carbonyl (C=O) groups excluding carboxylic acids is 1. The summed E-state index contributed by atoms with van der Waals surface area (Å²) in [6.45, 7) is 0.645. The van der Waals surface area contributed by atoms with Gasteiger partial charge in [0.2, 0.25) is 0 Å². The van der Waals surface area contributed by atoms with E-state index in [1.165, 1.54) is 18.9 Å². The number of anilines is 3. The Kier molecular flexibility index (Phi) is 7.05. The van der Waals surface area contributed by atoms with E-state index in [0.29, 0.717) is 24.0 Å². The average molecular weight is 448 g/mol. The topological polar surface area (TPSA) is 151 Å². The first kappa shape index (κ1) is 22.6. The largest absolute Gasteiger partial charge is 0.396 e. The number of nitrogens with one attached hydrogen (secondary N) is 2. The summed E-state index contributed by atoms with van der Waals surface area (Å²) < 4.78 is 0. The Morgan fingerprint density at radius 2 is 2.06 bits per heavy atom. The lowest BCUT2D eigenvalue weighted by Crippen LogP contribution is -2.43. The standard InChI is InChI=1S/C24H29N7O2/c25-12-17-11-19(22(27)32)24(31-23(17)30-21-7-2-1-6-20(21)26)29-18-5-3-4-16(10-18)13-28-33-14-15-8-9-15/h3-5,10-11,13,15,20-21H,1-2,6-9,14,26H2,(H2,27,32)(H2,29,30,31)/b28-13+/t20-,21+/m0/s1. The molecule has 33 heavy (non-hydrogen) atoms. The predicted molar refractivity (Wildman–Crippen MR) is 127 cm³/mol. The molecule has 1 amide bonds. The van der Waals surface area contributed by atoms with Crippen LogP contribution in [0.5, 0.6) is 0 Å². The number of pyridine rings is 1. The van der Waals surface area contributed by atoms with Gasteiger partial charge in [-0.3, -0.25) is 4.79 Å². The number of benzene rings is 1. The number of carbonyl (C=O) groups is 1. The van der Waals surface area contributed by atoms with Crippen molar-refractivity contribution < 1.29 is 9.63 Å². The van der Waals surface area contributed by atoms with Gasteiger partial charge < -0.3 is 26.9 Å². The maximum atomic E-state index is 12.1. The highest BCUT2D eigenvalue weighted by Gasteiger charge is 2.24. The van der Waals surface area contributed by atoms with Crippen molar-refractivity contribution in [2.45, 2.75) is 50.6 Å². The van der Waals surface area contributed by atoms with Gasteiger partial charge in [-0.15, -0.1) is 0 Å². The van der Waals surface area contributed by atoms with Crippen molar-refractivity contribution >= 4 is 29.4 Å². The highest BCUT2D eigenvalue weighted by Crippen LogP contribution is 2.29. The van der Waals surface area contributed by atoms with Gasteiger partial charge in [0.25, 0.3) is 5.91 Å². The van der Waals surface area contributed by atoms with Crippen molar-refractivity contribution in [3.05, 3.63) is 47.0 Å². The fourth-order valence-electron chi connectivity index (χ4n) is 3.87. The van der Waals surface area contributed by atoms with Crippen molar-refractivity contribution in [1.29, 1.82) is 5.26 Å². The molecule has 2 saturated carbocycles. The van der Waals surface area contributed by atoms with Crippen LogP contribution in [0.15, 0.2) is 35.5 Å². The van der Waals surface area contributed by atoms with Crippen LogP contribution in [0.2, 0.25) is 0 Å². The van der Waals surface area contributed by atoms with Crippen molar-refractivity contribution in [3.63, 3.8) is 0 Å². The van der Waals surface area contributed by atoms with E-state index in [4.69, 9.17) is 16.3 Å². The molecule has 0 bridgehead atoms. The van der Waals surface area contributed by atoms with Crippen molar-refractivity contribution in [1.82, 2.24) is 4.98 Å². The molecule has 0 spiro atoms. The Hall–Kier alpha value is -3.64. The fourth-order valence-corrected chi connectivity index (χ4v) is 3.87. The molecule has 2 atom stereocenters. The van der Waals surface area contributed by atoms with Crippen LogP contribution in [0.1, 0.15) is 60.0 Å². The van der Waals surface area contributed by atoms with E-state index in [1.54, 1.807) is 6.21 Å². The number of rotatable bonds is 9. The van der Waals surface area contributed by atoms with Gasteiger partial charge in [-0.05, 0) is 55.4 Å². The summed E-state index contributed by atoms with van der Waals surface area (Å²) in [5, 5.41) is 20.1. The van der Waals surface area contributed by atoms with Crippen LogP contribution in [0.25, 0.3) is 0 Å². The summed E-state index contributed by atoms with van der Waals surface area (Å²) in [4.78, 5) is 22.0. The number of nitrogens with two attached hydrogens (primary N) is 2. The summed E-state index contributed by atoms with van der Waals surface area (Å²) >= 11 is 0. The van der Waals surface area contributed by atoms with Gasteiger partial charge in [-0.2, -0.15) is 5.26 Å². The Balaban J connectivity index is 1.56. The van der Waals surface area contributed by atoms with Crippen molar-refractivity contribution in [3.8, 4) is 6.07 Å². The summed E-state index contributed by atoms with van der Waals surface area (Å²) in [6.07, 6.45) is 8.04. The Bertz CT molecular complexity index is 1070. The lowest BCUT2D eigenvalue weighted by Gasteiger charge is -2.30. The number of hydrogen-bond donors (Lipinski definition) is 4. The van der Waals surface area contributed by atoms with E-state index in [1.807, 2.05) is 24.3 Å². The van der Waals surface area contributed by atoms with Crippen molar-refractivity contribution in [2.75, 3.05) is 17.2 Å². The zero-order chi connectivity index (χ0) is 23.2. The fraction of sp³-hybridized carbons (Fsp3) is 0.417. The molecule has 9 nitrogen and oxygen atoms in total. The van der Waals surface area contributed by atoms with Crippen LogP contribution in [0.4, 0.5) is 17.3 Å². The van der Waals surface area contributed by atoms with Crippen LogP contribution in [0.3, 0.4) is 0 Å². The Labute approximate surface area is 193 Å². The summed E-state index contributed by atoms with van der Waals surface area (Å²) in [5.74, 6) is 0.621. The molecule has 2 aliphatic rings. The third kappa shape index (κ3) is 5.99. The maximum Gasteiger partial charge on any atom is 0.252 e. The van der Waals surface area contributed by atoms with Crippen molar-refractivity contribution in [2.24, 2.45) is 22.5 Å². The Morgan fingerprint density at radius 3 is 2.79 bits per heavy atom. The lowest BCUT2D eigenvalue weighted by atomic mass is 9.91. The second kappa shape index (κ2) is 10.3. The molecule has 0 saturated heterocycles. The quantitative estimate of drug-likeness (QED) is 0.340. The van der Waals surface area contributed by atoms with Crippen LogP contribution in [0, 0.1) is 17.2 Å². The molecule has 6 N–H and O–H groups in total. The maximum absolute atomic E-state index is 12.1. The zero-order valence-corrected chi connectivity index (χ0v) is 18.5. The molecule has 1 aromatic carbocycles. The number of oxime groups is 1. The van der Waals surface area contributed by atoms with Crippen LogP contribution in [-0.2, 0) is 4.84 Å². The molecular weight excluding hydrogens is 418 g/mol. The summed E-state index contributed by atoms with van der Waals surface area (Å²) in [6, 6.07) is 11.0. The smallest absolute Gasteiger partial charge is 0.252 e. The average Bonchev–Trinajstić information content (AvgIpc) is 3.63. The van der Waals surface area contributed by atoms with Gasteiger partial charge in [0.05, 0.1) is 17.3 Å². The SMILES string of the molecule is N#Cc1cc(C(N)=O)c(Nc2cccc(/C=N/OCC3CC3)c2)nc1N[C@@H]1CCCC[C@@H]1N. The van der Waals surface area contributed by atoms with Gasteiger partial charge in [-0.25, -0.2) is 4.98 Å². The van der Waals surface area contributed by atoms with Gasteiger partial charge in [0.1, 0.15) is 24.3 Å². The monoisotopic (exact) mass is 447 g/mol. The number of aromatic nitrogens is 1. The van der Waals surface area contributed by atoms with E-state index in [0.717, 1.165) is 31.2 Å². The molecule has 2 aliphatic carbocycles. The number of nitriles is 1. The molecular formula is C24H29N7O2. The number of primary amides is 1. The highest BCUT2D eigenvalue weighted by molar-refractivity contribution is 5.99. The molecule has 4 rings (SSSR count). The molecule has 0 radical (unpaired) electrons. The molecule has 172 valence electrons. The first-order valence-electron chi connectivity index (χ1n) is 11.3.